The van der Waals surface area contributed by atoms with Gasteiger partial charge in [0.15, 0.2) is 0 Å². The Kier molecular flexibility index (Phi) is 4.45. The van der Waals surface area contributed by atoms with Gasteiger partial charge in [0.25, 0.3) is 0 Å². The van der Waals surface area contributed by atoms with Crippen LogP contribution in [0.25, 0.3) is 0 Å². The fourth-order valence-electron chi connectivity index (χ4n) is 3.80. The third-order valence-corrected chi connectivity index (χ3v) is 4.61. The molecule has 19 heavy (non-hydrogen) atoms. The number of likely N-dealkylation sites (tertiary alicyclic amines) is 2. The summed E-state index contributed by atoms with van der Waals surface area (Å²) in [6.45, 7) is 5.43. The molecule has 2 aliphatic heterocycles. The summed E-state index contributed by atoms with van der Waals surface area (Å²) in [7, 11) is 0. The largest absolute Gasteiger partial charge is 0.368 e. The second-order valence-corrected chi connectivity index (χ2v) is 5.70. The molecule has 0 radical (unpaired) electrons. The molecule has 2 heterocycles. The Bertz CT molecular complexity index is 359. The lowest BCUT2D eigenvalue weighted by Gasteiger charge is -2.37. The number of hydrogen-bond acceptors (Lipinski definition) is 3. The van der Waals surface area contributed by atoms with E-state index < -0.39 is 0 Å². The Morgan fingerprint density at radius 1 is 1.21 bits per heavy atom. The zero-order valence-corrected chi connectivity index (χ0v) is 12.0. The molecule has 3 atom stereocenters. The molecule has 2 saturated heterocycles. The first-order chi connectivity index (χ1) is 9.06. The normalized spacial score (nSPS) is 29.7. The van der Waals surface area contributed by atoms with Gasteiger partial charge in [0.2, 0.25) is 11.8 Å². The van der Waals surface area contributed by atoms with E-state index >= 15 is 0 Å². The molecule has 2 rings (SSSR count). The molecule has 108 valence electrons. The quantitative estimate of drug-likeness (QED) is 0.816. The highest BCUT2D eigenvalue weighted by atomic mass is 16.2. The molecule has 0 bridgehead atoms. The molecule has 0 spiro atoms. The third-order valence-electron chi connectivity index (χ3n) is 4.61. The molecule has 3 unspecified atom stereocenters. The Hall–Kier alpha value is -1.10. The van der Waals surface area contributed by atoms with E-state index in [1.807, 2.05) is 11.8 Å². The van der Waals surface area contributed by atoms with Gasteiger partial charge in [0.1, 0.15) is 0 Å². The first kappa shape index (κ1) is 14.3. The summed E-state index contributed by atoms with van der Waals surface area (Å²) >= 11 is 0. The fraction of sp³-hybridized carbons (Fsp3) is 0.857. The van der Waals surface area contributed by atoms with Crippen molar-refractivity contribution in [2.75, 3.05) is 13.1 Å². The minimum absolute atomic E-state index is 0.154. The van der Waals surface area contributed by atoms with Crippen molar-refractivity contribution in [1.29, 1.82) is 0 Å². The minimum atomic E-state index is -0.234. The molecule has 0 aromatic heterocycles. The molecule has 2 amide bonds. The van der Waals surface area contributed by atoms with Crippen LogP contribution in [0.3, 0.4) is 0 Å². The summed E-state index contributed by atoms with van der Waals surface area (Å²) in [6, 6.07) is 0.402. The van der Waals surface area contributed by atoms with Crippen LogP contribution in [0.1, 0.15) is 46.0 Å². The van der Waals surface area contributed by atoms with Crippen LogP contribution in [0, 0.1) is 0 Å². The van der Waals surface area contributed by atoms with Crippen molar-refractivity contribution in [3.63, 3.8) is 0 Å². The van der Waals surface area contributed by atoms with Gasteiger partial charge in [-0.2, -0.15) is 0 Å². The van der Waals surface area contributed by atoms with Gasteiger partial charge >= 0.3 is 0 Å². The Labute approximate surface area is 115 Å². The summed E-state index contributed by atoms with van der Waals surface area (Å²) in [5.74, 6) is -0.0803. The molecule has 2 aliphatic rings. The van der Waals surface area contributed by atoms with E-state index in [9.17, 15) is 9.59 Å². The van der Waals surface area contributed by atoms with E-state index in [4.69, 9.17) is 5.73 Å². The van der Waals surface area contributed by atoms with E-state index in [1.54, 1.807) is 6.92 Å². The molecule has 0 saturated carbocycles. The number of amides is 2. The van der Waals surface area contributed by atoms with Crippen molar-refractivity contribution in [2.45, 2.75) is 64.1 Å². The van der Waals surface area contributed by atoms with Crippen molar-refractivity contribution < 1.29 is 9.59 Å². The highest BCUT2D eigenvalue weighted by molar-refractivity contribution is 5.80. The van der Waals surface area contributed by atoms with Crippen molar-refractivity contribution in [3.8, 4) is 0 Å². The SMILES string of the molecule is CCC(C(N)=O)N1CCCC1C1CCCN1C(C)=O. The second kappa shape index (κ2) is 5.90. The maximum Gasteiger partial charge on any atom is 0.234 e. The van der Waals surface area contributed by atoms with Crippen molar-refractivity contribution in [2.24, 2.45) is 5.73 Å². The van der Waals surface area contributed by atoms with Gasteiger partial charge < -0.3 is 10.6 Å². The standard InChI is InChI=1S/C14H25N3O2/c1-3-11(14(15)19)17-9-5-7-13(17)12-6-4-8-16(12)10(2)18/h11-13H,3-9H2,1-2H3,(H2,15,19). The van der Waals surface area contributed by atoms with Gasteiger partial charge in [-0.3, -0.25) is 14.5 Å². The van der Waals surface area contributed by atoms with Crippen molar-refractivity contribution >= 4 is 11.8 Å². The van der Waals surface area contributed by atoms with Crippen LogP contribution >= 0.6 is 0 Å². The van der Waals surface area contributed by atoms with Gasteiger partial charge in [-0.05, 0) is 38.6 Å². The zero-order valence-electron chi connectivity index (χ0n) is 12.0. The van der Waals surface area contributed by atoms with Crippen molar-refractivity contribution in [3.05, 3.63) is 0 Å². The second-order valence-electron chi connectivity index (χ2n) is 5.70. The lowest BCUT2D eigenvalue weighted by molar-refractivity contribution is -0.131. The predicted molar refractivity (Wildman–Crippen MR) is 73.4 cm³/mol. The summed E-state index contributed by atoms with van der Waals surface area (Å²) in [6.07, 6.45) is 5.03. The van der Waals surface area contributed by atoms with Gasteiger partial charge in [-0.1, -0.05) is 6.92 Å². The number of nitrogens with two attached hydrogens (primary N) is 1. The summed E-state index contributed by atoms with van der Waals surface area (Å²) < 4.78 is 0. The van der Waals surface area contributed by atoms with Crippen LogP contribution in [-0.2, 0) is 9.59 Å². The van der Waals surface area contributed by atoms with Gasteiger partial charge in [-0.15, -0.1) is 0 Å². The molecule has 5 heteroatoms. The van der Waals surface area contributed by atoms with Crippen LogP contribution < -0.4 is 5.73 Å². The monoisotopic (exact) mass is 267 g/mol. The molecule has 0 aromatic carbocycles. The predicted octanol–water partition coefficient (Wildman–Crippen LogP) is 0.726. The average Bonchev–Trinajstić information content (AvgIpc) is 2.95. The molecule has 2 N–H and O–H groups in total. The number of carbonyl (C=O) groups excluding carboxylic acids is 2. The van der Waals surface area contributed by atoms with E-state index in [0.717, 1.165) is 45.2 Å². The van der Waals surface area contributed by atoms with E-state index in [0.29, 0.717) is 6.04 Å². The van der Waals surface area contributed by atoms with E-state index in [2.05, 4.69) is 4.90 Å². The van der Waals surface area contributed by atoms with Crippen LogP contribution in [0.15, 0.2) is 0 Å². The first-order valence-corrected chi connectivity index (χ1v) is 7.38. The summed E-state index contributed by atoms with van der Waals surface area (Å²) in [4.78, 5) is 27.5. The summed E-state index contributed by atoms with van der Waals surface area (Å²) in [5, 5.41) is 0. The molecule has 0 aromatic rings. The molecule has 5 nitrogen and oxygen atoms in total. The maximum atomic E-state index is 11.7. The Morgan fingerprint density at radius 2 is 1.84 bits per heavy atom. The topological polar surface area (TPSA) is 66.6 Å². The fourth-order valence-corrected chi connectivity index (χ4v) is 3.80. The van der Waals surface area contributed by atoms with Crippen LogP contribution in [0.2, 0.25) is 0 Å². The summed E-state index contributed by atoms with van der Waals surface area (Å²) in [5.41, 5.74) is 5.52. The molecule has 2 fully saturated rings. The number of primary amides is 1. The molecule has 0 aliphatic carbocycles. The smallest absolute Gasteiger partial charge is 0.234 e. The van der Waals surface area contributed by atoms with Gasteiger partial charge in [0, 0.05) is 25.6 Å². The third kappa shape index (κ3) is 2.76. The lowest BCUT2D eigenvalue weighted by atomic mass is 10.0. The average molecular weight is 267 g/mol. The molecular formula is C14H25N3O2. The highest BCUT2D eigenvalue weighted by Gasteiger charge is 2.41. The number of hydrogen-bond donors (Lipinski definition) is 1. The molecular weight excluding hydrogens is 242 g/mol. The van der Waals surface area contributed by atoms with Gasteiger partial charge in [0.05, 0.1) is 6.04 Å². The Balaban J connectivity index is 2.14. The zero-order chi connectivity index (χ0) is 14.0. The number of carbonyl (C=O) groups is 2. The number of nitrogens with zero attached hydrogens (tertiary/aromatic N) is 2. The van der Waals surface area contributed by atoms with E-state index in [1.165, 1.54) is 0 Å². The Morgan fingerprint density at radius 3 is 2.42 bits per heavy atom. The van der Waals surface area contributed by atoms with Crippen molar-refractivity contribution in [1.82, 2.24) is 9.80 Å². The van der Waals surface area contributed by atoms with Crippen LogP contribution in [0.4, 0.5) is 0 Å². The van der Waals surface area contributed by atoms with E-state index in [-0.39, 0.29) is 23.9 Å². The van der Waals surface area contributed by atoms with Crippen LogP contribution in [-0.4, -0.2) is 52.8 Å². The van der Waals surface area contributed by atoms with Crippen LogP contribution in [0.5, 0.6) is 0 Å². The lowest BCUT2D eigenvalue weighted by Crippen LogP contribution is -2.54. The van der Waals surface area contributed by atoms with Gasteiger partial charge in [-0.25, -0.2) is 0 Å². The highest BCUT2D eigenvalue weighted by Crippen LogP contribution is 2.31. The maximum absolute atomic E-state index is 11.7. The first-order valence-electron chi connectivity index (χ1n) is 7.38. The minimum Gasteiger partial charge on any atom is -0.368 e. The number of rotatable bonds is 4.